The van der Waals surface area contributed by atoms with Crippen molar-refractivity contribution in [2.75, 3.05) is 25.5 Å². The lowest BCUT2D eigenvalue weighted by Crippen LogP contribution is -2.73. The molecular weight excluding hydrogens is 492 g/mol. The number of anilines is 1. The van der Waals surface area contributed by atoms with Gasteiger partial charge < -0.3 is 9.80 Å². The van der Waals surface area contributed by atoms with Gasteiger partial charge in [-0.1, -0.05) is 23.7 Å². The topological polar surface area (TPSA) is 73.8 Å². The Morgan fingerprint density at radius 2 is 1.83 bits per heavy atom. The van der Waals surface area contributed by atoms with Gasteiger partial charge in [0.1, 0.15) is 12.1 Å². The van der Waals surface area contributed by atoms with Crippen LogP contribution in [0, 0.1) is 11.7 Å². The van der Waals surface area contributed by atoms with Crippen molar-refractivity contribution < 1.29 is 31.9 Å². The third-order valence-corrected chi connectivity index (χ3v) is 6.59. The van der Waals surface area contributed by atoms with Crippen molar-refractivity contribution in [3.05, 3.63) is 58.5 Å². The van der Waals surface area contributed by atoms with E-state index in [4.69, 9.17) is 11.6 Å². The first-order valence-electron chi connectivity index (χ1n) is 10.6. The minimum absolute atomic E-state index is 0.000923. The van der Waals surface area contributed by atoms with Crippen LogP contribution in [0.5, 0.6) is 0 Å². The minimum Gasteiger partial charge on any atom is -0.349 e. The van der Waals surface area contributed by atoms with Gasteiger partial charge in [0.05, 0.1) is 10.6 Å². The van der Waals surface area contributed by atoms with Crippen molar-refractivity contribution in [2.45, 2.75) is 31.1 Å². The molecule has 1 spiro atoms. The summed E-state index contributed by atoms with van der Waals surface area (Å²) in [5, 5.41) is 0.0148. The van der Waals surface area contributed by atoms with E-state index in [1.165, 1.54) is 21.9 Å². The lowest BCUT2D eigenvalue weighted by atomic mass is 9.64. The van der Waals surface area contributed by atoms with Gasteiger partial charge in [-0.25, -0.2) is 9.37 Å². The highest BCUT2D eigenvalue weighted by molar-refractivity contribution is 6.30. The lowest BCUT2D eigenvalue weighted by molar-refractivity contribution is -0.167. The van der Waals surface area contributed by atoms with Crippen LogP contribution in [-0.4, -0.2) is 58.7 Å². The van der Waals surface area contributed by atoms with Crippen molar-refractivity contribution in [2.24, 2.45) is 5.92 Å². The molecule has 4 rings (SSSR count). The van der Waals surface area contributed by atoms with E-state index in [1.807, 2.05) is 0 Å². The van der Waals surface area contributed by atoms with E-state index >= 15 is 0 Å². The smallest absolute Gasteiger partial charge is 0.349 e. The summed E-state index contributed by atoms with van der Waals surface area (Å²) in [5.74, 6) is -3.16. The zero-order valence-corrected chi connectivity index (χ0v) is 19.5. The van der Waals surface area contributed by atoms with Crippen molar-refractivity contribution in [3.63, 3.8) is 0 Å². The number of benzene rings is 1. The van der Waals surface area contributed by atoms with E-state index in [0.29, 0.717) is 5.56 Å². The van der Waals surface area contributed by atoms with Crippen LogP contribution < -0.4 is 4.90 Å². The Hall–Kier alpha value is -3.21. The summed E-state index contributed by atoms with van der Waals surface area (Å²) in [6, 6.07) is 5.25. The maximum absolute atomic E-state index is 14.6. The van der Waals surface area contributed by atoms with Crippen molar-refractivity contribution >= 4 is 35.1 Å². The first kappa shape index (κ1) is 24.9. The number of hydrogen-bond acceptors (Lipinski definition) is 4. The number of aromatic nitrogens is 1. The minimum atomic E-state index is -4.51. The number of piperazine rings is 1. The van der Waals surface area contributed by atoms with E-state index in [9.17, 15) is 31.9 Å². The maximum Gasteiger partial charge on any atom is 0.416 e. The number of amides is 3. The molecule has 0 atom stereocenters. The highest BCUT2D eigenvalue weighted by atomic mass is 35.5. The molecule has 1 saturated heterocycles. The largest absolute Gasteiger partial charge is 0.416 e. The van der Waals surface area contributed by atoms with Crippen LogP contribution in [0.3, 0.4) is 0 Å². The molecular formula is C23H21ClF4N4O3. The van der Waals surface area contributed by atoms with E-state index in [2.05, 4.69) is 4.98 Å². The summed E-state index contributed by atoms with van der Waals surface area (Å²) in [4.78, 5) is 46.8. The van der Waals surface area contributed by atoms with Crippen LogP contribution >= 0.6 is 11.6 Å². The molecule has 1 aromatic heterocycles. The van der Waals surface area contributed by atoms with Gasteiger partial charge in [0.25, 0.3) is 5.91 Å². The fraction of sp³-hybridized carbons (Fsp3) is 0.391. The van der Waals surface area contributed by atoms with Crippen LogP contribution in [-0.2, 0) is 27.1 Å². The fourth-order valence-corrected chi connectivity index (χ4v) is 4.73. The second kappa shape index (κ2) is 8.78. The van der Waals surface area contributed by atoms with Gasteiger partial charge >= 0.3 is 6.18 Å². The number of halogens is 5. The van der Waals surface area contributed by atoms with Gasteiger partial charge in [0, 0.05) is 32.8 Å². The average Bonchev–Trinajstić information content (AvgIpc) is 2.74. The Bertz CT molecular complexity index is 1180. The van der Waals surface area contributed by atoms with E-state index in [-0.39, 0.29) is 36.1 Å². The van der Waals surface area contributed by atoms with Gasteiger partial charge in [-0.15, -0.1) is 0 Å². The summed E-state index contributed by atoms with van der Waals surface area (Å²) < 4.78 is 53.4. The highest BCUT2D eigenvalue weighted by Gasteiger charge is 2.62. The average molecular weight is 513 g/mol. The Morgan fingerprint density at radius 1 is 1.20 bits per heavy atom. The number of carbonyl (C=O) groups is 3. The standard InChI is InChI=1S/C23H21ClF4N4O3/c1-30(2)20(34)14-8-22(9-14)21(35)31(19-17(25)7-16(24)10-29-19)12-18(33)32(22)11-13-3-5-15(6-4-13)23(26,27)28/h3-7,10,14H,8-9,11-12H2,1-2H3/t14-,22-. The summed E-state index contributed by atoms with van der Waals surface area (Å²) >= 11 is 5.76. The number of hydrogen-bond donors (Lipinski definition) is 0. The number of carbonyl (C=O) groups excluding carboxylic acids is 3. The Kier molecular flexibility index (Phi) is 6.25. The van der Waals surface area contributed by atoms with Crippen LogP contribution in [0.15, 0.2) is 36.5 Å². The molecule has 2 aromatic rings. The Morgan fingerprint density at radius 3 is 2.37 bits per heavy atom. The summed E-state index contributed by atoms with van der Waals surface area (Å²) in [7, 11) is 3.14. The third kappa shape index (κ3) is 4.44. The number of pyridine rings is 1. The molecule has 0 N–H and O–H groups in total. The quantitative estimate of drug-likeness (QED) is 0.588. The molecule has 7 nitrogen and oxygen atoms in total. The SMILES string of the molecule is CN(C)C(=O)[C@H]1C[C@]2(C1)C(=O)N(c1ncc(Cl)cc1F)CC(=O)N2Cc1ccc(C(F)(F)F)cc1. The summed E-state index contributed by atoms with van der Waals surface area (Å²) in [5.41, 5.74) is -1.92. The van der Waals surface area contributed by atoms with Gasteiger partial charge in [-0.3, -0.25) is 19.3 Å². The van der Waals surface area contributed by atoms with Crippen molar-refractivity contribution in [3.8, 4) is 0 Å². The van der Waals surface area contributed by atoms with E-state index in [0.717, 1.165) is 29.3 Å². The summed E-state index contributed by atoms with van der Waals surface area (Å²) in [6.45, 7) is -0.658. The molecule has 1 aliphatic carbocycles. The summed E-state index contributed by atoms with van der Waals surface area (Å²) in [6.07, 6.45) is -3.36. The van der Waals surface area contributed by atoms with Crippen molar-refractivity contribution in [1.29, 1.82) is 0 Å². The Balaban J connectivity index is 1.67. The van der Waals surface area contributed by atoms with E-state index in [1.54, 1.807) is 14.1 Å². The molecule has 1 saturated carbocycles. The number of alkyl halides is 3. The van der Waals surface area contributed by atoms with Gasteiger partial charge in [0.2, 0.25) is 11.8 Å². The van der Waals surface area contributed by atoms with Gasteiger partial charge in [-0.05, 0) is 36.6 Å². The van der Waals surface area contributed by atoms with E-state index < -0.39 is 47.4 Å². The first-order valence-corrected chi connectivity index (χ1v) is 11.0. The molecule has 1 aromatic carbocycles. The van der Waals surface area contributed by atoms with Crippen molar-refractivity contribution in [1.82, 2.24) is 14.8 Å². The normalized spacial score (nSPS) is 22.4. The molecule has 12 heteroatoms. The molecule has 0 radical (unpaired) electrons. The van der Waals surface area contributed by atoms with Gasteiger partial charge in [-0.2, -0.15) is 13.2 Å². The van der Waals surface area contributed by atoms with Gasteiger partial charge in [0.15, 0.2) is 11.6 Å². The molecule has 186 valence electrons. The number of nitrogens with zero attached hydrogens (tertiary/aromatic N) is 4. The monoisotopic (exact) mass is 512 g/mol. The predicted molar refractivity (Wildman–Crippen MR) is 118 cm³/mol. The molecule has 2 aliphatic rings. The third-order valence-electron chi connectivity index (χ3n) is 6.38. The lowest BCUT2D eigenvalue weighted by Gasteiger charge is -2.56. The molecule has 2 heterocycles. The number of rotatable bonds is 4. The van der Waals surface area contributed by atoms with Crippen LogP contribution in [0.1, 0.15) is 24.0 Å². The molecule has 2 fully saturated rings. The second-order valence-electron chi connectivity index (χ2n) is 8.89. The molecule has 1 aliphatic heterocycles. The molecule has 35 heavy (non-hydrogen) atoms. The highest BCUT2D eigenvalue weighted by Crippen LogP contribution is 2.48. The van der Waals surface area contributed by atoms with Crippen LogP contribution in [0.2, 0.25) is 5.02 Å². The molecule has 0 unspecified atom stereocenters. The molecule has 3 amide bonds. The second-order valence-corrected chi connectivity index (χ2v) is 9.33. The molecule has 0 bridgehead atoms. The van der Waals surface area contributed by atoms with Crippen LogP contribution in [0.25, 0.3) is 0 Å². The van der Waals surface area contributed by atoms with Crippen LogP contribution in [0.4, 0.5) is 23.4 Å². The predicted octanol–water partition coefficient (Wildman–Crippen LogP) is 3.51. The zero-order chi connectivity index (χ0) is 25.7. The zero-order valence-electron chi connectivity index (χ0n) is 18.8. The first-order chi connectivity index (χ1) is 16.3. The maximum atomic E-state index is 14.6. The fourth-order valence-electron chi connectivity index (χ4n) is 4.59. The Labute approximate surface area is 203 Å².